The Hall–Kier alpha value is -2.79. The lowest BCUT2D eigenvalue weighted by Crippen LogP contribution is -1.96. The third-order valence-electron chi connectivity index (χ3n) is 4.09. The number of fused-ring (bicyclic) bond motifs is 5. The van der Waals surface area contributed by atoms with Gasteiger partial charge in [0.25, 0.3) is 0 Å². The number of pyridine rings is 2. The van der Waals surface area contributed by atoms with Crippen molar-refractivity contribution in [1.82, 2.24) is 19.7 Å². The van der Waals surface area contributed by atoms with Crippen molar-refractivity contribution in [3.8, 4) is 5.69 Å². The Bertz CT molecular complexity index is 1170. The molecule has 4 aromatic heterocycles. The summed E-state index contributed by atoms with van der Waals surface area (Å²) in [6.45, 7) is 2.04. The van der Waals surface area contributed by atoms with E-state index in [0.717, 1.165) is 42.7 Å². The van der Waals surface area contributed by atoms with Crippen molar-refractivity contribution in [2.75, 3.05) is 0 Å². The molecule has 4 nitrogen and oxygen atoms in total. The van der Waals surface area contributed by atoms with Gasteiger partial charge in [-0.1, -0.05) is 18.2 Å². The monoisotopic (exact) mass is 316 g/mol. The molecule has 0 saturated heterocycles. The minimum Gasteiger partial charge on any atom is -0.251 e. The second-order valence-corrected chi connectivity index (χ2v) is 6.49. The Morgan fingerprint density at radius 3 is 2.74 bits per heavy atom. The summed E-state index contributed by atoms with van der Waals surface area (Å²) in [5, 5.41) is 6.81. The first-order valence-electron chi connectivity index (χ1n) is 7.40. The van der Waals surface area contributed by atoms with Gasteiger partial charge in [0, 0.05) is 22.7 Å². The first-order chi connectivity index (χ1) is 11.3. The summed E-state index contributed by atoms with van der Waals surface area (Å²) < 4.78 is 3.14. The van der Waals surface area contributed by atoms with Gasteiger partial charge in [-0.15, -0.1) is 11.3 Å². The van der Waals surface area contributed by atoms with Crippen LogP contribution in [-0.4, -0.2) is 19.7 Å². The van der Waals surface area contributed by atoms with Gasteiger partial charge in [-0.25, -0.2) is 9.67 Å². The van der Waals surface area contributed by atoms with Gasteiger partial charge in [0.1, 0.15) is 4.83 Å². The first-order valence-corrected chi connectivity index (χ1v) is 8.21. The highest BCUT2D eigenvalue weighted by molar-refractivity contribution is 7.26. The van der Waals surface area contributed by atoms with Gasteiger partial charge in [0.15, 0.2) is 0 Å². The van der Waals surface area contributed by atoms with E-state index in [9.17, 15) is 0 Å². The van der Waals surface area contributed by atoms with Crippen molar-refractivity contribution in [3.63, 3.8) is 0 Å². The highest BCUT2D eigenvalue weighted by atomic mass is 32.1. The van der Waals surface area contributed by atoms with Crippen LogP contribution in [0.1, 0.15) is 5.69 Å². The predicted molar refractivity (Wildman–Crippen MR) is 94.3 cm³/mol. The van der Waals surface area contributed by atoms with Crippen LogP contribution in [0, 0.1) is 6.92 Å². The molecule has 0 aliphatic carbocycles. The van der Waals surface area contributed by atoms with Crippen molar-refractivity contribution in [3.05, 3.63) is 60.6 Å². The van der Waals surface area contributed by atoms with Crippen LogP contribution in [0.3, 0.4) is 0 Å². The summed E-state index contributed by atoms with van der Waals surface area (Å²) >= 11 is 1.68. The van der Waals surface area contributed by atoms with Crippen LogP contribution in [-0.2, 0) is 0 Å². The lowest BCUT2D eigenvalue weighted by molar-refractivity contribution is 0.914. The van der Waals surface area contributed by atoms with Gasteiger partial charge in [0.05, 0.1) is 27.6 Å². The Balaban J connectivity index is 2.01. The molecule has 1 aromatic carbocycles. The highest BCUT2D eigenvalue weighted by Gasteiger charge is 2.17. The fourth-order valence-corrected chi connectivity index (χ4v) is 4.14. The molecule has 5 aromatic rings. The van der Waals surface area contributed by atoms with Crippen molar-refractivity contribution >= 4 is 42.7 Å². The smallest absolute Gasteiger partial charge is 0.126 e. The molecule has 0 atom stereocenters. The Morgan fingerprint density at radius 1 is 1.00 bits per heavy atom. The van der Waals surface area contributed by atoms with E-state index in [-0.39, 0.29) is 0 Å². The van der Waals surface area contributed by atoms with Crippen molar-refractivity contribution in [1.29, 1.82) is 0 Å². The second kappa shape index (κ2) is 4.60. The van der Waals surface area contributed by atoms with Crippen molar-refractivity contribution < 1.29 is 0 Å². The number of benzene rings is 1. The molecule has 0 radical (unpaired) electrons. The van der Waals surface area contributed by atoms with E-state index in [2.05, 4.69) is 28.3 Å². The van der Waals surface area contributed by atoms with Crippen LogP contribution in [0.25, 0.3) is 37.0 Å². The maximum absolute atomic E-state index is 4.82. The molecule has 5 heteroatoms. The number of hydrogen-bond acceptors (Lipinski definition) is 4. The molecule has 0 spiro atoms. The van der Waals surface area contributed by atoms with E-state index in [4.69, 9.17) is 4.98 Å². The quantitative estimate of drug-likeness (QED) is 0.457. The first kappa shape index (κ1) is 12.7. The van der Waals surface area contributed by atoms with Gasteiger partial charge in [0.2, 0.25) is 0 Å². The summed E-state index contributed by atoms with van der Waals surface area (Å²) in [4.78, 5) is 10.3. The zero-order chi connectivity index (χ0) is 15.4. The molecule has 0 amide bonds. The largest absolute Gasteiger partial charge is 0.251 e. The highest BCUT2D eigenvalue weighted by Crippen LogP contribution is 2.37. The molecule has 0 aliphatic rings. The van der Waals surface area contributed by atoms with Crippen LogP contribution in [0.4, 0.5) is 0 Å². The van der Waals surface area contributed by atoms with Crippen LogP contribution in [0.5, 0.6) is 0 Å². The summed E-state index contributed by atoms with van der Waals surface area (Å²) in [6.07, 6.45) is 3.73. The maximum atomic E-state index is 4.82. The van der Waals surface area contributed by atoms with E-state index in [1.54, 1.807) is 11.3 Å². The second-order valence-electron chi connectivity index (χ2n) is 5.49. The Labute approximate surface area is 136 Å². The van der Waals surface area contributed by atoms with Gasteiger partial charge in [-0.3, -0.25) is 4.98 Å². The van der Waals surface area contributed by atoms with Crippen LogP contribution >= 0.6 is 11.3 Å². The summed E-state index contributed by atoms with van der Waals surface area (Å²) in [5.74, 6) is 0. The number of rotatable bonds is 1. The van der Waals surface area contributed by atoms with Crippen LogP contribution < -0.4 is 0 Å². The summed E-state index contributed by atoms with van der Waals surface area (Å²) in [7, 11) is 0. The molecular formula is C18H12N4S. The standard InChI is InChI=1S/C18H12N4S/c1-11-14-10-20-22(12-6-3-2-4-7-12)16(14)17-15(21-11)13-8-5-9-19-18(13)23-17/h2-10H,1H3. The van der Waals surface area contributed by atoms with E-state index in [1.165, 1.54) is 0 Å². The van der Waals surface area contributed by atoms with Gasteiger partial charge in [-0.2, -0.15) is 5.10 Å². The lowest BCUT2D eigenvalue weighted by Gasteiger charge is -2.05. The molecular weight excluding hydrogens is 304 g/mol. The lowest BCUT2D eigenvalue weighted by atomic mass is 10.2. The zero-order valence-corrected chi connectivity index (χ0v) is 13.2. The van der Waals surface area contributed by atoms with Crippen molar-refractivity contribution in [2.45, 2.75) is 6.92 Å². The molecule has 0 unspecified atom stereocenters. The maximum Gasteiger partial charge on any atom is 0.126 e. The minimum absolute atomic E-state index is 0.998. The van der Waals surface area contributed by atoms with Crippen LogP contribution in [0.2, 0.25) is 0 Å². The molecule has 23 heavy (non-hydrogen) atoms. The fraction of sp³-hybridized carbons (Fsp3) is 0.0556. The SMILES string of the molecule is Cc1nc2c3cccnc3sc2c2c1cnn2-c1ccccc1. The van der Waals surface area contributed by atoms with E-state index in [0.29, 0.717) is 0 Å². The van der Waals surface area contributed by atoms with Gasteiger partial charge in [-0.05, 0) is 31.2 Å². The summed E-state index contributed by atoms with van der Waals surface area (Å²) in [5.41, 5.74) is 4.18. The van der Waals surface area contributed by atoms with E-state index >= 15 is 0 Å². The minimum atomic E-state index is 0.998. The van der Waals surface area contributed by atoms with Crippen molar-refractivity contribution in [2.24, 2.45) is 0 Å². The molecule has 0 saturated carbocycles. The van der Waals surface area contributed by atoms with Crippen LogP contribution in [0.15, 0.2) is 54.9 Å². The van der Waals surface area contributed by atoms with E-state index < -0.39 is 0 Å². The number of nitrogens with zero attached hydrogens (tertiary/aromatic N) is 4. The summed E-state index contributed by atoms with van der Waals surface area (Å²) in [6, 6.07) is 14.3. The number of aromatic nitrogens is 4. The molecule has 0 N–H and O–H groups in total. The molecule has 4 heterocycles. The average Bonchev–Trinajstić information content (AvgIpc) is 3.18. The number of thiophene rings is 1. The molecule has 0 fully saturated rings. The fourth-order valence-electron chi connectivity index (χ4n) is 3.02. The zero-order valence-electron chi connectivity index (χ0n) is 12.4. The number of aryl methyl sites for hydroxylation is 1. The molecule has 0 aliphatic heterocycles. The molecule has 5 rings (SSSR count). The Kier molecular flexibility index (Phi) is 2.55. The Morgan fingerprint density at radius 2 is 1.87 bits per heavy atom. The topological polar surface area (TPSA) is 43.6 Å². The third kappa shape index (κ3) is 1.74. The molecule has 110 valence electrons. The third-order valence-corrected chi connectivity index (χ3v) is 5.20. The van der Waals surface area contributed by atoms with Gasteiger partial charge >= 0.3 is 0 Å². The molecule has 0 bridgehead atoms. The van der Waals surface area contributed by atoms with E-state index in [1.807, 2.05) is 48.3 Å². The number of para-hydroxylation sites is 1. The number of hydrogen-bond donors (Lipinski definition) is 0. The normalized spacial score (nSPS) is 11.7. The predicted octanol–water partition coefficient (Wildman–Crippen LogP) is 4.49. The van der Waals surface area contributed by atoms with Gasteiger partial charge < -0.3 is 0 Å². The average molecular weight is 316 g/mol.